The van der Waals surface area contributed by atoms with E-state index < -0.39 is 12.0 Å². The molecule has 6 nitrogen and oxygen atoms in total. The Morgan fingerprint density at radius 1 is 1.37 bits per heavy atom. The van der Waals surface area contributed by atoms with Crippen LogP contribution in [0.4, 0.5) is 4.79 Å². The van der Waals surface area contributed by atoms with Crippen molar-refractivity contribution in [3.8, 4) is 0 Å². The number of hydrogen-bond acceptors (Lipinski definition) is 3. The van der Waals surface area contributed by atoms with Crippen LogP contribution >= 0.6 is 0 Å². The zero-order valence-corrected chi connectivity index (χ0v) is 11.4. The first-order valence-corrected chi connectivity index (χ1v) is 7.15. The lowest BCUT2D eigenvalue weighted by molar-refractivity contribution is -0.139. The third kappa shape index (κ3) is 3.37. The molecule has 2 fully saturated rings. The molecule has 0 spiro atoms. The molecule has 0 saturated carbocycles. The SMILES string of the molecule is CCCC(NC(=O)NC1CCN2CCCC12)C(=O)O. The lowest BCUT2D eigenvalue weighted by Crippen LogP contribution is -2.51. The van der Waals surface area contributed by atoms with Crippen LogP contribution in [0.3, 0.4) is 0 Å². The second-order valence-electron chi connectivity index (χ2n) is 5.44. The Bertz CT molecular complexity index is 348. The van der Waals surface area contributed by atoms with Gasteiger partial charge in [-0.05, 0) is 32.2 Å². The average Bonchev–Trinajstić information content (AvgIpc) is 2.93. The highest BCUT2D eigenvalue weighted by Gasteiger charge is 2.38. The fraction of sp³-hybridized carbons (Fsp3) is 0.846. The number of fused-ring (bicyclic) bond motifs is 1. The van der Waals surface area contributed by atoms with E-state index in [0.29, 0.717) is 12.5 Å². The van der Waals surface area contributed by atoms with Crippen LogP contribution in [0, 0.1) is 0 Å². The van der Waals surface area contributed by atoms with Gasteiger partial charge in [-0.3, -0.25) is 4.90 Å². The van der Waals surface area contributed by atoms with Gasteiger partial charge in [0.2, 0.25) is 0 Å². The maximum atomic E-state index is 11.9. The van der Waals surface area contributed by atoms with Crippen molar-refractivity contribution in [1.82, 2.24) is 15.5 Å². The molecule has 0 aromatic carbocycles. The number of carboxylic acids is 1. The summed E-state index contributed by atoms with van der Waals surface area (Å²) in [5.41, 5.74) is 0. The molecule has 19 heavy (non-hydrogen) atoms. The monoisotopic (exact) mass is 269 g/mol. The van der Waals surface area contributed by atoms with Crippen molar-refractivity contribution < 1.29 is 14.7 Å². The first-order valence-electron chi connectivity index (χ1n) is 7.15. The van der Waals surface area contributed by atoms with Gasteiger partial charge in [-0.1, -0.05) is 13.3 Å². The van der Waals surface area contributed by atoms with E-state index in [1.54, 1.807) is 0 Å². The number of aliphatic carboxylic acids is 1. The molecular weight excluding hydrogens is 246 g/mol. The number of amides is 2. The Balaban J connectivity index is 1.82. The molecule has 3 unspecified atom stereocenters. The molecule has 0 bridgehead atoms. The van der Waals surface area contributed by atoms with Crippen LogP contribution in [-0.4, -0.2) is 53.2 Å². The van der Waals surface area contributed by atoms with Gasteiger partial charge in [0.1, 0.15) is 6.04 Å². The van der Waals surface area contributed by atoms with Crippen molar-refractivity contribution in [2.24, 2.45) is 0 Å². The smallest absolute Gasteiger partial charge is 0.326 e. The van der Waals surface area contributed by atoms with Crippen LogP contribution in [0.15, 0.2) is 0 Å². The van der Waals surface area contributed by atoms with Crippen LogP contribution in [-0.2, 0) is 4.79 Å². The van der Waals surface area contributed by atoms with Crippen molar-refractivity contribution in [2.45, 2.75) is 57.2 Å². The quantitative estimate of drug-likeness (QED) is 0.689. The van der Waals surface area contributed by atoms with Crippen molar-refractivity contribution in [3.63, 3.8) is 0 Å². The number of carbonyl (C=O) groups excluding carboxylic acids is 1. The zero-order valence-electron chi connectivity index (χ0n) is 11.4. The van der Waals surface area contributed by atoms with Crippen molar-refractivity contribution in [1.29, 1.82) is 0 Å². The maximum Gasteiger partial charge on any atom is 0.326 e. The molecule has 6 heteroatoms. The van der Waals surface area contributed by atoms with Gasteiger partial charge in [0.25, 0.3) is 0 Å². The second kappa shape index (κ2) is 6.23. The molecule has 2 aliphatic heterocycles. The van der Waals surface area contributed by atoms with Crippen LogP contribution < -0.4 is 10.6 Å². The van der Waals surface area contributed by atoms with E-state index >= 15 is 0 Å². The number of carboxylic acid groups (broad SMARTS) is 1. The minimum Gasteiger partial charge on any atom is -0.480 e. The van der Waals surface area contributed by atoms with Crippen LogP contribution in [0.25, 0.3) is 0 Å². The summed E-state index contributed by atoms with van der Waals surface area (Å²) in [5.74, 6) is -0.967. The van der Waals surface area contributed by atoms with Crippen molar-refractivity contribution in [3.05, 3.63) is 0 Å². The number of carbonyl (C=O) groups is 2. The Kier molecular flexibility index (Phi) is 4.63. The van der Waals surface area contributed by atoms with Gasteiger partial charge in [-0.25, -0.2) is 9.59 Å². The van der Waals surface area contributed by atoms with Gasteiger partial charge in [0.05, 0.1) is 0 Å². The number of hydrogen-bond donors (Lipinski definition) is 3. The standard InChI is InChI=1S/C13H23N3O3/c1-2-4-10(12(17)18)15-13(19)14-9-6-8-16-7-3-5-11(9)16/h9-11H,2-8H2,1H3,(H,17,18)(H2,14,15,19). The van der Waals surface area contributed by atoms with Gasteiger partial charge < -0.3 is 15.7 Å². The van der Waals surface area contributed by atoms with Gasteiger partial charge in [-0.15, -0.1) is 0 Å². The van der Waals surface area contributed by atoms with E-state index in [1.165, 1.54) is 6.42 Å². The summed E-state index contributed by atoms with van der Waals surface area (Å²) in [6, 6.07) is -0.524. The molecule has 0 aliphatic carbocycles. The average molecular weight is 269 g/mol. The molecule has 108 valence electrons. The summed E-state index contributed by atoms with van der Waals surface area (Å²) in [6.45, 7) is 4.06. The van der Waals surface area contributed by atoms with Gasteiger partial charge in [-0.2, -0.15) is 0 Å². The summed E-state index contributed by atoms with van der Waals surface area (Å²) in [5, 5.41) is 14.5. The normalized spacial score (nSPS) is 27.8. The molecular formula is C13H23N3O3. The fourth-order valence-corrected chi connectivity index (χ4v) is 3.17. The highest BCUT2D eigenvalue weighted by molar-refractivity contribution is 5.82. The van der Waals surface area contributed by atoms with Gasteiger partial charge >= 0.3 is 12.0 Å². The maximum absolute atomic E-state index is 11.9. The third-order valence-corrected chi connectivity index (χ3v) is 4.10. The number of rotatable bonds is 5. The lowest BCUT2D eigenvalue weighted by Gasteiger charge is -2.22. The number of nitrogens with one attached hydrogen (secondary N) is 2. The molecule has 2 aliphatic rings. The molecule has 0 radical (unpaired) electrons. The molecule has 2 saturated heterocycles. The lowest BCUT2D eigenvalue weighted by atomic mass is 10.1. The largest absolute Gasteiger partial charge is 0.480 e. The first-order chi connectivity index (χ1) is 9.11. The molecule has 0 aromatic heterocycles. The highest BCUT2D eigenvalue weighted by atomic mass is 16.4. The van der Waals surface area contributed by atoms with E-state index in [1.807, 2.05) is 6.92 Å². The van der Waals surface area contributed by atoms with E-state index in [9.17, 15) is 9.59 Å². The van der Waals surface area contributed by atoms with Crippen LogP contribution in [0.5, 0.6) is 0 Å². The fourth-order valence-electron chi connectivity index (χ4n) is 3.17. The molecule has 2 heterocycles. The predicted molar refractivity (Wildman–Crippen MR) is 71.0 cm³/mol. The Morgan fingerprint density at radius 2 is 2.16 bits per heavy atom. The van der Waals surface area contributed by atoms with Gasteiger partial charge in [0, 0.05) is 18.6 Å². The molecule has 2 amide bonds. The molecule has 3 atom stereocenters. The summed E-state index contributed by atoms with van der Waals surface area (Å²) in [6.07, 6.45) is 4.48. The minimum absolute atomic E-state index is 0.165. The Labute approximate surface area is 113 Å². The first kappa shape index (κ1) is 14.1. The van der Waals surface area contributed by atoms with Crippen molar-refractivity contribution >= 4 is 12.0 Å². The van der Waals surface area contributed by atoms with Crippen molar-refractivity contribution in [2.75, 3.05) is 13.1 Å². The minimum atomic E-state index is -0.967. The molecule has 3 N–H and O–H groups in total. The molecule has 0 aromatic rings. The van der Waals surface area contributed by atoms with Gasteiger partial charge in [0.15, 0.2) is 0 Å². The van der Waals surface area contributed by atoms with E-state index in [2.05, 4.69) is 15.5 Å². The third-order valence-electron chi connectivity index (χ3n) is 4.10. The summed E-state index contributed by atoms with van der Waals surface area (Å²) in [4.78, 5) is 25.3. The van der Waals surface area contributed by atoms with E-state index in [-0.39, 0.29) is 12.1 Å². The van der Waals surface area contributed by atoms with E-state index in [4.69, 9.17) is 5.11 Å². The summed E-state index contributed by atoms with van der Waals surface area (Å²) in [7, 11) is 0. The molecule has 2 rings (SSSR count). The summed E-state index contributed by atoms with van der Waals surface area (Å²) >= 11 is 0. The number of nitrogens with zero attached hydrogens (tertiary/aromatic N) is 1. The summed E-state index contributed by atoms with van der Waals surface area (Å²) < 4.78 is 0. The highest BCUT2D eigenvalue weighted by Crippen LogP contribution is 2.27. The predicted octanol–water partition coefficient (Wildman–Crippen LogP) is 0.776. The second-order valence-corrected chi connectivity index (χ2v) is 5.44. The zero-order chi connectivity index (χ0) is 13.8. The number of urea groups is 1. The Morgan fingerprint density at radius 3 is 2.84 bits per heavy atom. The Hall–Kier alpha value is -1.30. The van der Waals surface area contributed by atoms with Crippen LogP contribution in [0.2, 0.25) is 0 Å². The topological polar surface area (TPSA) is 81.7 Å². The van der Waals surface area contributed by atoms with Crippen LogP contribution in [0.1, 0.15) is 39.0 Å². The van der Waals surface area contributed by atoms with E-state index in [0.717, 1.165) is 32.4 Å².